The maximum absolute atomic E-state index is 5.25. The van der Waals surface area contributed by atoms with Crippen LogP contribution in [0.25, 0.3) is 99.8 Å². The number of fused-ring (bicyclic) bond motifs is 12. The third-order valence-electron chi connectivity index (χ3n) is 10.3. The Kier molecular flexibility index (Phi) is 6.18. The van der Waals surface area contributed by atoms with E-state index in [4.69, 9.17) is 15.0 Å². The van der Waals surface area contributed by atoms with Gasteiger partial charge in [0.2, 0.25) is 5.95 Å². The zero-order chi connectivity index (χ0) is 34.2. The zero-order valence-corrected chi connectivity index (χ0v) is 28.0. The van der Waals surface area contributed by atoms with E-state index in [0.29, 0.717) is 17.6 Å². The van der Waals surface area contributed by atoms with Crippen LogP contribution in [0, 0.1) is 0 Å². The molecule has 7 aromatic carbocycles. The Labute approximate surface area is 298 Å². The molecule has 0 amide bonds. The second kappa shape index (κ2) is 11.2. The van der Waals surface area contributed by atoms with Crippen molar-refractivity contribution in [2.45, 2.75) is 0 Å². The van der Waals surface area contributed by atoms with Crippen molar-refractivity contribution in [2.24, 2.45) is 0 Å². The predicted molar refractivity (Wildman–Crippen MR) is 214 cm³/mol. The van der Waals surface area contributed by atoms with Crippen LogP contribution >= 0.6 is 0 Å². The Bertz CT molecular complexity index is 3100. The van der Waals surface area contributed by atoms with Gasteiger partial charge in [-0.05, 0) is 46.8 Å². The molecule has 0 fully saturated rings. The Morgan fingerprint density at radius 1 is 0.308 bits per heavy atom. The average Bonchev–Trinajstić information content (AvgIpc) is 3.78. The smallest absolute Gasteiger partial charge is 0.238 e. The maximum atomic E-state index is 5.25. The fourth-order valence-corrected chi connectivity index (χ4v) is 8.00. The highest BCUT2D eigenvalue weighted by atomic mass is 15.2. The lowest BCUT2D eigenvalue weighted by atomic mass is 10.0. The summed E-state index contributed by atoms with van der Waals surface area (Å²) in [5, 5.41) is 7.12. The van der Waals surface area contributed by atoms with Gasteiger partial charge in [0.1, 0.15) is 0 Å². The zero-order valence-electron chi connectivity index (χ0n) is 28.0. The molecular formula is C47H29N5. The summed E-state index contributed by atoms with van der Waals surface area (Å²) in [4.78, 5) is 15.5. The average molecular weight is 664 g/mol. The van der Waals surface area contributed by atoms with Gasteiger partial charge in [0, 0.05) is 38.1 Å². The van der Waals surface area contributed by atoms with Gasteiger partial charge in [0.15, 0.2) is 11.6 Å². The number of benzene rings is 7. The lowest BCUT2D eigenvalue weighted by Gasteiger charge is -2.12. The third-order valence-corrected chi connectivity index (χ3v) is 10.3. The molecule has 11 rings (SSSR count). The maximum Gasteiger partial charge on any atom is 0.238 e. The largest absolute Gasteiger partial charge is 0.309 e. The molecule has 11 aromatic rings. The van der Waals surface area contributed by atoms with Crippen LogP contribution in [0.3, 0.4) is 0 Å². The normalized spacial score (nSPS) is 11.8. The molecule has 0 N–H and O–H groups in total. The topological polar surface area (TPSA) is 48.0 Å². The van der Waals surface area contributed by atoms with Crippen LogP contribution < -0.4 is 0 Å². The summed E-state index contributed by atoms with van der Waals surface area (Å²) in [5.74, 6) is 1.84. The third kappa shape index (κ3) is 4.26. The van der Waals surface area contributed by atoms with Crippen molar-refractivity contribution in [3.8, 4) is 39.9 Å². The van der Waals surface area contributed by atoms with Gasteiger partial charge in [-0.15, -0.1) is 0 Å². The van der Waals surface area contributed by atoms with Crippen molar-refractivity contribution in [3.63, 3.8) is 0 Å². The minimum atomic E-state index is 0.581. The molecule has 52 heavy (non-hydrogen) atoms. The number of rotatable bonds is 4. The highest BCUT2D eigenvalue weighted by Crippen LogP contribution is 2.41. The lowest BCUT2D eigenvalue weighted by molar-refractivity contribution is 0.955. The Balaban J connectivity index is 1.31. The van der Waals surface area contributed by atoms with Gasteiger partial charge in [-0.25, -0.2) is 4.98 Å². The van der Waals surface area contributed by atoms with Crippen LogP contribution in [-0.4, -0.2) is 23.9 Å². The van der Waals surface area contributed by atoms with Crippen LogP contribution in [0.5, 0.6) is 0 Å². The molecular weight excluding hydrogens is 635 g/mol. The van der Waals surface area contributed by atoms with Gasteiger partial charge in [-0.3, -0.25) is 4.57 Å². The molecule has 4 aromatic heterocycles. The number of hydrogen-bond acceptors (Lipinski definition) is 3. The van der Waals surface area contributed by atoms with E-state index in [1.165, 1.54) is 32.8 Å². The van der Waals surface area contributed by atoms with Crippen LogP contribution in [0.1, 0.15) is 0 Å². The molecule has 5 heteroatoms. The molecule has 0 aliphatic heterocycles. The van der Waals surface area contributed by atoms with Crippen molar-refractivity contribution in [2.75, 3.05) is 0 Å². The summed E-state index contributed by atoms with van der Waals surface area (Å²) in [6.07, 6.45) is 0. The molecule has 0 aliphatic carbocycles. The monoisotopic (exact) mass is 663 g/mol. The van der Waals surface area contributed by atoms with Gasteiger partial charge in [0.05, 0.1) is 27.6 Å². The van der Waals surface area contributed by atoms with Crippen molar-refractivity contribution < 1.29 is 0 Å². The van der Waals surface area contributed by atoms with Gasteiger partial charge >= 0.3 is 0 Å². The molecule has 242 valence electrons. The summed E-state index contributed by atoms with van der Waals surface area (Å²) >= 11 is 0. The minimum absolute atomic E-state index is 0.581. The van der Waals surface area contributed by atoms with E-state index in [9.17, 15) is 0 Å². The lowest BCUT2D eigenvalue weighted by Crippen LogP contribution is -2.06. The predicted octanol–water partition coefficient (Wildman–Crippen LogP) is 11.7. The first-order valence-electron chi connectivity index (χ1n) is 17.5. The fraction of sp³-hybridized carbons (Fsp3) is 0. The molecule has 0 bridgehead atoms. The standard InChI is InChI=1S/C47H29N5/c1-4-14-30(15-5-1)33-24-26-41-38(28-33)37-25-27-42-39(29-43-36-22-11-10-20-34(36)35-21-12-13-23-40(35)51(42)43)44(37)52(41)47-49-45(31-16-6-2-7-17-31)48-46(50-47)32-18-8-3-9-19-32/h1-29H. The highest BCUT2D eigenvalue weighted by Gasteiger charge is 2.22. The molecule has 0 atom stereocenters. The van der Waals surface area contributed by atoms with E-state index in [1.807, 2.05) is 36.4 Å². The van der Waals surface area contributed by atoms with E-state index in [0.717, 1.165) is 49.4 Å². The second-order valence-corrected chi connectivity index (χ2v) is 13.3. The molecule has 4 heterocycles. The quantitative estimate of drug-likeness (QED) is 0.176. The highest BCUT2D eigenvalue weighted by molar-refractivity contribution is 6.23. The first-order valence-corrected chi connectivity index (χ1v) is 17.5. The van der Waals surface area contributed by atoms with Gasteiger partial charge in [0.25, 0.3) is 0 Å². The van der Waals surface area contributed by atoms with Crippen LogP contribution in [0.2, 0.25) is 0 Å². The van der Waals surface area contributed by atoms with Crippen LogP contribution in [0.15, 0.2) is 176 Å². The number of para-hydroxylation sites is 1. The van der Waals surface area contributed by atoms with Gasteiger partial charge < -0.3 is 4.40 Å². The van der Waals surface area contributed by atoms with Gasteiger partial charge in [-0.1, -0.05) is 146 Å². The van der Waals surface area contributed by atoms with Crippen molar-refractivity contribution in [1.82, 2.24) is 23.9 Å². The molecule has 0 saturated heterocycles. The fourth-order valence-electron chi connectivity index (χ4n) is 8.00. The number of aromatic nitrogens is 5. The van der Waals surface area contributed by atoms with Crippen molar-refractivity contribution in [3.05, 3.63) is 176 Å². The Morgan fingerprint density at radius 3 is 1.52 bits per heavy atom. The van der Waals surface area contributed by atoms with Crippen molar-refractivity contribution in [1.29, 1.82) is 0 Å². The Morgan fingerprint density at radius 2 is 0.846 bits per heavy atom. The van der Waals surface area contributed by atoms with E-state index in [1.54, 1.807) is 0 Å². The molecule has 0 radical (unpaired) electrons. The summed E-state index contributed by atoms with van der Waals surface area (Å²) < 4.78 is 4.67. The SMILES string of the molecule is c1ccc(-c2ccc3c(c2)c2ccc4c(cc5c6ccccc6c6ccccc6n54)c2n3-c2nc(-c3ccccc3)nc(-c3ccccc3)n2)cc1. The summed E-state index contributed by atoms with van der Waals surface area (Å²) in [7, 11) is 0. The first kappa shape index (κ1) is 28.7. The molecule has 0 aliphatic rings. The van der Waals surface area contributed by atoms with E-state index in [2.05, 4.69) is 148 Å². The number of pyridine rings is 1. The Hall–Kier alpha value is -7.11. The molecule has 0 saturated carbocycles. The minimum Gasteiger partial charge on any atom is -0.309 e. The molecule has 0 spiro atoms. The van der Waals surface area contributed by atoms with Crippen LogP contribution in [-0.2, 0) is 0 Å². The second-order valence-electron chi connectivity index (χ2n) is 13.3. The first-order chi connectivity index (χ1) is 25.8. The summed E-state index contributed by atoms with van der Waals surface area (Å²) in [5.41, 5.74) is 9.81. The van der Waals surface area contributed by atoms with Gasteiger partial charge in [-0.2, -0.15) is 9.97 Å². The summed E-state index contributed by atoms with van der Waals surface area (Å²) in [6, 6.07) is 62.0. The molecule has 5 nitrogen and oxygen atoms in total. The van der Waals surface area contributed by atoms with E-state index >= 15 is 0 Å². The van der Waals surface area contributed by atoms with E-state index in [-0.39, 0.29) is 0 Å². The number of hydrogen-bond donors (Lipinski definition) is 0. The van der Waals surface area contributed by atoms with Crippen LogP contribution in [0.4, 0.5) is 0 Å². The number of nitrogens with zero attached hydrogens (tertiary/aromatic N) is 5. The van der Waals surface area contributed by atoms with Crippen molar-refractivity contribution >= 4 is 59.9 Å². The van der Waals surface area contributed by atoms with E-state index < -0.39 is 0 Å². The summed E-state index contributed by atoms with van der Waals surface area (Å²) in [6.45, 7) is 0. The molecule has 0 unspecified atom stereocenters.